The van der Waals surface area contributed by atoms with Gasteiger partial charge in [0.1, 0.15) is 0 Å². The van der Waals surface area contributed by atoms with Gasteiger partial charge in [0.2, 0.25) is 0 Å². The zero-order valence-corrected chi connectivity index (χ0v) is 19.0. The van der Waals surface area contributed by atoms with Gasteiger partial charge in [-0.1, -0.05) is 52.7 Å². The molecule has 0 atom stereocenters. The molecule has 1 rings (SSSR count). The van der Waals surface area contributed by atoms with Gasteiger partial charge in [-0.15, -0.1) is 0 Å². The van der Waals surface area contributed by atoms with E-state index in [0.29, 0.717) is 5.75 Å². The quantitative estimate of drug-likeness (QED) is 0.310. The first kappa shape index (κ1) is 29.0. The van der Waals surface area contributed by atoms with Gasteiger partial charge in [-0.25, -0.2) is 4.57 Å². The van der Waals surface area contributed by atoms with Crippen LogP contribution in [0.4, 0.5) is 0 Å². The van der Waals surface area contributed by atoms with E-state index < -0.39 is 7.82 Å². The molecule has 7 heteroatoms. The fraction of sp³-hybridized carbons (Fsp3) is 0.529. The van der Waals surface area contributed by atoms with E-state index in [1.54, 1.807) is 6.92 Å². The standard InChI is InChI=1S/C15H23O.C2H5.Ca.H3O4P/c1-10-8-11(14(2,3)4)13(16)12(9-10)15(5,6)7;1-2;;1-5(2,3)4/h8-9,16H,1H2,2-7H3;1H2,2H3;;(H3,1,2,3,4)/q2*-1;+2;. The van der Waals surface area contributed by atoms with Gasteiger partial charge in [0.15, 0.2) is 0 Å². The summed E-state index contributed by atoms with van der Waals surface area (Å²) in [6, 6.07) is 3.95. The minimum Gasteiger partial charge on any atom is -0.510 e. The molecule has 0 amide bonds. The van der Waals surface area contributed by atoms with Gasteiger partial charge < -0.3 is 26.7 Å². The van der Waals surface area contributed by atoms with Crippen LogP contribution in [0.2, 0.25) is 0 Å². The monoisotopic (exact) mass is 386 g/mol. The zero-order valence-electron chi connectivity index (χ0n) is 15.9. The number of rotatable bonds is 0. The Morgan fingerprint density at radius 3 is 1.25 bits per heavy atom. The molecule has 0 heterocycles. The molecule has 0 fully saturated rings. The van der Waals surface area contributed by atoms with Gasteiger partial charge in [0.05, 0.1) is 5.75 Å². The normalized spacial score (nSPS) is 11.3. The average molecular weight is 386 g/mol. The summed E-state index contributed by atoms with van der Waals surface area (Å²) in [5, 5.41) is 10.4. The maximum absolute atomic E-state index is 10.4. The van der Waals surface area contributed by atoms with Crippen molar-refractivity contribution < 1.29 is 24.4 Å². The molecule has 0 saturated heterocycles. The molecule has 4 N–H and O–H groups in total. The molecule has 0 aliphatic rings. The largest absolute Gasteiger partial charge is 2.00 e. The second-order valence-corrected chi connectivity index (χ2v) is 8.08. The van der Waals surface area contributed by atoms with Crippen molar-refractivity contribution in [1.82, 2.24) is 0 Å². The van der Waals surface area contributed by atoms with Crippen molar-refractivity contribution in [2.45, 2.75) is 59.3 Å². The first-order valence-electron chi connectivity index (χ1n) is 7.22. The summed E-state index contributed by atoms with van der Waals surface area (Å²) < 4.78 is 8.88. The van der Waals surface area contributed by atoms with Gasteiger partial charge in [0.25, 0.3) is 0 Å². The third kappa shape index (κ3) is 12.6. The Morgan fingerprint density at radius 2 is 1.08 bits per heavy atom. The van der Waals surface area contributed by atoms with Crippen LogP contribution in [0.25, 0.3) is 0 Å². The van der Waals surface area contributed by atoms with Crippen molar-refractivity contribution in [3.63, 3.8) is 0 Å². The summed E-state index contributed by atoms with van der Waals surface area (Å²) in [6.45, 7) is 21.6. The van der Waals surface area contributed by atoms with Gasteiger partial charge in [-0.05, 0) is 10.8 Å². The second kappa shape index (κ2) is 11.1. The van der Waals surface area contributed by atoms with Crippen LogP contribution < -0.4 is 0 Å². The summed E-state index contributed by atoms with van der Waals surface area (Å²) in [4.78, 5) is 21.6. The third-order valence-corrected chi connectivity index (χ3v) is 2.79. The summed E-state index contributed by atoms with van der Waals surface area (Å²) in [6.07, 6.45) is 0. The first-order valence-corrected chi connectivity index (χ1v) is 8.79. The third-order valence-electron chi connectivity index (χ3n) is 2.79. The Balaban J connectivity index is -0.000000474. The fourth-order valence-corrected chi connectivity index (χ4v) is 1.84. The molecule has 0 aliphatic heterocycles. The maximum atomic E-state index is 10.4. The summed E-state index contributed by atoms with van der Waals surface area (Å²) in [5.74, 6) is 0.424. The number of aromatic hydroxyl groups is 1. The SMILES string of the molecule is O=P(O)(O)O.[CH2-]C.[CH2-]c1cc(C(C)(C)C)c(O)c(C(C)(C)C)c1.[Ca+2]. The number of phosphoric acid groups is 1. The molecule has 0 saturated carbocycles. The van der Waals surface area contributed by atoms with E-state index >= 15 is 0 Å². The van der Waals surface area contributed by atoms with Gasteiger partial charge in [0, 0.05) is 0 Å². The number of hydrogen-bond acceptors (Lipinski definition) is 2. The topological polar surface area (TPSA) is 98.0 Å². The van der Waals surface area contributed by atoms with Crippen molar-refractivity contribution in [1.29, 1.82) is 0 Å². The van der Waals surface area contributed by atoms with Gasteiger partial charge in [-0.3, -0.25) is 0 Å². The molecule has 0 bridgehead atoms. The van der Waals surface area contributed by atoms with Crippen molar-refractivity contribution in [2.24, 2.45) is 0 Å². The van der Waals surface area contributed by atoms with E-state index in [2.05, 4.69) is 55.4 Å². The van der Waals surface area contributed by atoms with Crippen LogP contribution in [0.3, 0.4) is 0 Å². The molecule has 1 aromatic rings. The van der Waals surface area contributed by atoms with Crippen LogP contribution >= 0.6 is 7.82 Å². The molecule has 136 valence electrons. The fourth-order valence-electron chi connectivity index (χ4n) is 1.84. The predicted molar refractivity (Wildman–Crippen MR) is 101 cm³/mol. The minimum absolute atomic E-state index is 0. The minimum atomic E-state index is -4.64. The van der Waals surface area contributed by atoms with Crippen LogP contribution in [0.15, 0.2) is 12.1 Å². The Kier molecular flexibility index (Phi) is 13.4. The Hall–Kier alpha value is 0.260. The van der Waals surface area contributed by atoms with Crippen molar-refractivity contribution in [3.8, 4) is 5.75 Å². The molecule has 0 aromatic heterocycles. The van der Waals surface area contributed by atoms with E-state index in [0.717, 1.165) is 16.7 Å². The molecule has 5 nitrogen and oxygen atoms in total. The van der Waals surface area contributed by atoms with Crippen LogP contribution in [0.5, 0.6) is 5.75 Å². The smallest absolute Gasteiger partial charge is 0.510 e. The molecule has 0 aliphatic carbocycles. The van der Waals surface area contributed by atoms with E-state index in [9.17, 15) is 5.11 Å². The van der Waals surface area contributed by atoms with Gasteiger partial charge in [-0.2, -0.15) is 31.5 Å². The molecular formula is C17H31CaO5P. The predicted octanol–water partition coefficient (Wildman–Crippen LogP) is 3.70. The number of phenols is 1. The van der Waals surface area contributed by atoms with Crippen LogP contribution in [-0.4, -0.2) is 57.5 Å². The second-order valence-electron chi connectivity index (χ2n) is 7.05. The zero-order chi connectivity index (χ0) is 19.2. The van der Waals surface area contributed by atoms with E-state index in [1.807, 2.05) is 12.1 Å². The number of hydrogen-bond donors (Lipinski definition) is 4. The average Bonchev–Trinajstić information content (AvgIpc) is 2.29. The molecule has 0 unspecified atom stereocenters. The summed E-state index contributed by atoms with van der Waals surface area (Å²) in [5.41, 5.74) is 2.80. The molecular weight excluding hydrogens is 355 g/mol. The summed E-state index contributed by atoms with van der Waals surface area (Å²) >= 11 is 0. The Labute approximate surface area is 176 Å². The van der Waals surface area contributed by atoms with Crippen molar-refractivity contribution in [3.05, 3.63) is 42.7 Å². The van der Waals surface area contributed by atoms with E-state index in [-0.39, 0.29) is 48.6 Å². The van der Waals surface area contributed by atoms with Crippen LogP contribution in [0, 0.1) is 13.8 Å². The van der Waals surface area contributed by atoms with Crippen LogP contribution in [0.1, 0.15) is 65.2 Å². The van der Waals surface area contributed by atoms with Crippen molar-refractivity contribution >= 4 is 45.6 Å². The summed E-state index contributed by atoms with van der Waals surface area (Å²) in [7, 11) is -4.64. The van der Waals surface area contributed by atoms with E-state index in [1.165, 1.54) is 0 Å². The Morgan fingerprint density at radius 1 is 0.875 bits per heavy atom. The Bertz CT molecular complexity index is 496. The maximum Gasteiger partial charge on any atom is 2.00 e. The van der Waals surface area contributed by atoms with Crippen LogP contribution in [-0.2, 0) is 15.4 Å². The number of benzene rings is 1. The van der Waals surface area contributed by atoms with E-state index in [4.69, 9.17) is 19.2 Å². The molecule has 1 aromatic carbocycles. The molecule has 0 spiro atoms. The first-order chi connectivity index (χ1) is 10.0. The van der Waals surface area contributed by atoms with Gasteiger partial charge >= 0.3 is 45.6 Å². The molecule has 24 heavy (non-hydrogen) atoms. The number of phenolic OH excluding ortho intramolecular Hbond substituents is 1. The van der Waals surface area contributed by atoms with Crippen molar-refractivity contribution in [2.75, 3.05) is 0 Å². The molecule has 0 radical (unpaired) electrons.